The standard InChI is InChI=1S/C20H23N7O2/c28-20(26-10-12-29-13-11-26)25-8-6-24(7-9-25)18-14-17(16-4-2-1-3-5-16)23-19-21-15-22-27(18)19/h1-5,14-15H,6-13H2. The van der Waals surface area contributed by atoms with E-state index in [9.17, 15) is 4.79 Å². The number of hydrogen-bond acceptors (Lipinski definition) is 6. The topological polar surface area (TPSA) is 79.1 Å². The molecular weight excluding hydrogens is 370 g/mol. The van der Waals surface area contributed by atoms with Crippen molar-refractivity contribution in [1.82, 2.24) is 29.4 Å². The summed E-state index contributed by atoms with van der Waals surface area (Å²) in [7, 11) is 0. The number of piperazine rings is 1. The molecule has 3 aromatic rings. The zero-order valence-electron chi connectivity index (χ0n) is 16.1. The quantitative estimate of drug-likeness (QED) is 0.654. The zero-order valence-corrected chi connectivity index (χ0v) is 16.1. The summed E-state index contributed by atoms with van der Waals surface area (Å²) in [4.78, 5) is 27.8. The Bertz CT molecular complexity index is 992. The van der Waals surface area contributed by atoms with Crippen molar-refractivity contribution in [2.45, 2.75) is 0 Å². The Hall–Kier alpha value is -3.20. The summed E-state index contributed by atoms with van der Waals surface area (Å²) < 4.78 is 7.12. The molecule has 0 unspecified atom stereocenters. The second-order valence-electron chi connectivity index (χ2n) is 7.19. The Morgan fingerprint density at radius 2 is 1.66 bits per heavy atom. The average molecular weight is 393 g/mol. The number of nitrogens with zero attached hydrogens (tertiary/aromatic N) is 7. The van der Waals surface area contributed by atoms with Crippen LogP contribution < -0.4 is 4.90 Å². The van der Waals surface area contributed by atoms with Crippen molar-refractivity contribution >= 4 is 17.6 Å². The number of aromatic nitrogens is 4. The van der Waals surface area contributed by atoms with Gasteiger partial charge in [-0.15, -0.1) is 0 Å². The lowest BCUT2D eigenvalue weighted by atomic mass is 10.1. The van der Waals surface area contributed by atoms with Gasteiger partial charge in [0.15, 0.2) is 0 Å². The minimum atomic E-state index is 0.110. The van der Waals surface area contributed by atoms with Crippen LogP contribution in [0.15, 0.2) is 42.7 Å². The molecule has 2 fully saturated rings. The summed E-state index contributed by atoms with van der Waals surface area (Å²) >= 11 is 0. The molecule has 150 valence electrons. The van der Waals surface area contributed by atoms with Gasteiger partial charge in [0.25, 0.3) is 5.78 Å². The van der Waals surface area contributed by atoms with Crippen LogP contribution in [0.3, 0.4) is 0 Å². The second kappa shape index (κ2) is 7.67. The number of urea groups is 1. The van der Waals surface area contributed by atoms with E-state index in [0.29, 0.717) is 45.2 Å². The number of morpholine rings is 1. The maximum atomic E-state index is 12.7. The average Bonchev–Trinajstić information content (AvgIpc) is 3.28. The van der Waals surface area contributed by atoms with E-state index in [-0.39, 0.29) is 6.03 Å². The molecule has 2 aliphatic rings. The van der Waals surface area contributed by atoms with Gasteiger partial charge in [0.2, 0.25) is 0 Å². The van der Waals surface area contributed by atoms with E-state index in [1.54, 1.807) is 4.52 Å². The molecule has 0 N–H and O–H groups in total. The van der Waals surface area contributed by atoms with Crippen LogP contribution in [0.25, 0.3) is 17.0 Å². The fourth-order valence-electron chi connectivity index (χ4n) is 3.86. The molecule has 0 saturated carbocycles. The van der Waals surface area contributed by atoms with Gasteiger partial charge in [-0.2, -0.15) is 14.6 Å². The first-order valence-electron chi connectivity index (χ1n) is 9.92. The van der Waals surface area contributed by atoms with E-state index in [1.807, 2.05) is 40.1 Å². The van der Waals surface area contributed by atoms with E-state index < -0.39 is 0 Å². The number of hydrogen-bond donors (Lipinski definition) is 0. The summed E-state index contributed by atoms with van der Waals surface area (Å²) in [6, 6.07) is 12.2. The molecule has 0 spiro atoms. The molecule has 0 aliphatic carbocycles. The molecule has 4 heterocycles. The van der Waals surface area contributed by atoms with E-state index in [0.717, 1.165) is 30.2 Å². The molecule has 0 radical (unpaired) electrons. The lowest BCUT2D eigenvalue weighted by Crippen LogP contribution is -2.55. The molecule has 2 saturated heterocycles. The normalized spacial score (nSPS) is 17.7. The first-order valence-corrected chi connectivity index (χ1v) is 9.92. The van der Waals surface area contributed by atoms with Crippen molar-refractivity contribution in [2.75, 3.05) is 57.4 Å². The van der Waals surface area contributed by atoms with E-state index in [2.05, 4.69) is 26.0 Å². The molecule has 9 nitrogen and oxygen atoms in total. The largest absolute Gasteiger partial charge is 0.378 e. The van der Waals surface area contributed by atoms with E-state index in [4.69, 9.17) is 4.74 Å². The van der Waals surface area contributed by atoms with E-state index >= 15 is 0 Å². The predicted molar refractivity (Wildman–Crippen MR) is 108 cm³/mol. The summed E-state index contributed by atoms with van der Waals surface area (Å²) in [5.41, 5.74) is 1.91. The Labute approximate surface area is 168 Å². The summed E-state index contributed by atoms with van der Waals surface area (Å²) in [6.07, 6.45) is 1.53. The Balaban J connectivity index is 1.36. The number of fused-ring (bicyclic) bond motifs is 1. The van der Waals surface area contributed by atoms with Crippen molar-refractivity contribution in [3.8, 4) is 11.3 Å². The van der Waals surface area contributed by atoms with Crippen molar-refractivity contribution in [3.63, 3.8) is 0 Å². The molecule has 29 heavy (non-hydrogen) atoms. The molecule has 2 aromatic heterocycles. The molecule has 2 aliphatic heterocycles. The first-order chi connectivity index (χ1) is 14.3. The zero-order chi connectivity index (χ0) is 19.6. The molecule has 0 bridgehead atoms. The summed E-state index contributed by atoms with van der Waals surface area (Å²) in [6.45, 7) is 5.41. The highest BCUT2D eigenvalue weighted by atomic mass is 16.5. The molecule has 1 aromatic carbocycles. The third-order valence-corrected chi connectivity index (χ3v) is 5.46. The smallest absolute Gasteiger partial charge is 0.320 e. The Morgan fingerprint density at radius 3 is 2.41 bits per heavy atom. The highest BCUT2D eigenvalue weighted by molar-refractivity contribution is 5.75. The minimum absolute atomic E-state index is 0.110. The van der Waals surface area contributed by atoms with Gasteiger partial charge in [0.1, 0.15) is 12.1 Å². The van der Waals surface area contributed by atoms with Crippen LogP contribution in [0.2, 0.25) is 0 Å². The molecule has 0 atom stereocenters. The number of ether oxygens (including phenoxy) is 1. The minimum Gasteiger partial charge on any atom is -0.378 e. The van der Waals surface area contributed by atoms with Crippen LogP contribution in [0.1, 0.15) is 0 Å². The van der Waals surface area contributed by atoms with Crippen molar-refractivity contribution in [2.24, 2.45) is 0 Å². The Morgan fingerprint density at radius 1 is 0.931 bits per heavy atom. The second-order valence-corrected chi connectivity index (χ2v) is 7.19. The third kappa shape index (κ3) is 3.49. The maximum absolute atomic E-state index is 12.7. The van der Waals surface area contributed by atoms with Crippen LogP contribution in [0.5, 0.6) is 0 Å². The fourth-order valence-corrected chi connectivity index (χ4v) is 3.86. The van der Waals surface area contributed by atoms with Gasteiger partial charge in [0, 0.05) is 50.9 Å². The number of carbonyl (C=O) groups is 1. The van der Waals surface area contributed by atoms with Crippen molar-refractivity contribution in [3.05, 3.63) is 42.7 Å². The summed E-state index contributed by atoms with van der Waals surface area (Å²) in [5, 5.41) is 4.35. The molecule has 2 amide bonds. The van der Waals surface area contributed by atoms with Gasteiger partial charge in [-0.25, -0.2) is 9.78 Å². The molecule has 9 heteroatoms. The van der Waals surface area contributed by atoms with Crippen molar-refractivity contribution in [1.29, 1.82) is 0 Å². The van der Waals surface area contributed by atoms with Crippen LogP contribution >= 0.6 is 0 Å². The first kappa shape index (κ1) is 17.9. The van der Waals surface area contributed by atoms with Crippen LogP contribution in [-0.4, -0.2) is 87.9 Å². The van der Waals surface area contributed by atoms with Crippen LogP contribution in [0, 0.1) is 0 Å². The monoisotopic (exact) mass is 393 g/mol. The van der Waals surface area contributed by atoms with Gasteiger partial charge in [-0.1, -0.05) is 30.3 Å². The van der Waals surface area contributed by atoms with Gasteiger partial charge in [0.05, 0.1) is 18.9 Å². The SMILES string of the molecule is O=C(N1CCOCC1)N1CCN(c2cc(-c3ccccc3)nc3ncnn23)CC1. The van der Waals surface area contributed by atoms with Crippen LogP contribution in [-0.2, 0) is 4.74 Å². The number of anilines is 1. The molecular formula is C20H23N7O2. The number of rotatable bonds is 2. The predicted octanol–water partition coefficient (Wildman–Crippen LogP) is 1.37. The number of benzene rings is 1. The number of carbonyl (C=O) groups excluding carboxylic acids is 1. The third-order valence-electron chi connectivity index (χ3n) is 5.46. The number of amides is 2. The Kier molecular flexibility index (Phi) is 4.73. The van der Waals surface area contributed by atoms with Gasteiger partial charge in [-0.3, -0.25) is 0 Å². The molecule has 5 rings (SSSR count). The van der Waals surface area contributed by atoms with Crippen molar-refractivity contribution < 1.29 is 9.53 Å². The van der Waals surface area contributed by atoms with E-state index in [1.165, 1.54) is 6.33 Å². The highest BCUT2D eigenvalue weighted by Crippen LogP contribution is 2.24. The lowest BCUT2D eigenvalue weighted by Gasteiger charge is -2.39. The lowest BCUT2D eigenvalue weighted by molar-refractivity contribution is 0.0428. The van der Waals surface area contributed by atoms with Crippen LogP contribution in [0.4, 0.5) is 10.6 Å². The highest BCUT2D eigenvalue weighted by Gasteiger charge is 2.27. The fraction of sp³-hybridized carbons (Fsp3) is 0.400. The summed E-state index contributed by atoms with van der Waals surface area (Å²) in [5.74, 6) is 1.53. The van der Waals surface area contributed by atoms with Gasteiger partial charge in [-0.05, 0) is 0 Å². The maximum Gasteiger partial charge on any atom is 0.320 e. The van der Waals surface area contributed by atoms with Gasteiger partial charge < -0.3 is 19.4 Å². The van der Waals surface area contributed by atoms with Gasteiger partial charge >= 0.3 is 6.03 Å².